The normalized spacial score (nSPS) is 16.4. The van der Waals surface area contributed by atoms with Crippen LogP contribution in [0.5, 0.6) is 0 Å². The van der Waals surface area contributed by atoms with Gasteiger partial charge in [-0.3, -0.25) is 9.88 Å². The van der Waals surface area contributed by atoms with Gasteiger partial charge in [0, 0.05) is 10.7 Å². The molecule has 7 nitrogen and oxygen atoms in total. The lowest BCUT2D eigenvalue weighted by atomic mass is 10.1. The highest BCUT2D eigenvalue weighted by Crippen LogP contribution is 2.37. The zero-order valence-electron chi connectivity index (χ0n) is 15.8. The Morgan fingerprint density at radius 2 is 2.14 bits per heavy atom. The van der Waals surface area contributed by atoms with Crippen LogP contribution in [0.15, 0.2) is 50.4 Å². The number of pyridine rings is 1. The molecule has 1 unspecified atom stereocenters. The highest BCUT2D eigenvalue weighted by atomic mass is 79.9. The van der Waals surface area contributed by atoms with Gasteiger partial charge >= 0.3 is 11.7 Å². The Labute approximate surface area is 170 Å². The summed E-state index contributed by atoms with van der Waals surface area (Å²) in [6.45, 7) is 6.23. The van der Waals surface area contributed by atoms with Crippen LogP contribution >= 0.6 is 15.9 Å². The number of carbonyl (C=O) groups excluding carboxylic acids is 1. The molecule has 2 aromatic heterocycles. The number of rotatable bonds is 2. The van der Waals surface area contributed by atoms with Crippen LogP contribution in [0.25, 0.3) is 10.9 Å². The quantitative estimate of drug-likeness (QED) is 0.589. The lowest BCUT2D eigenvalue weighted by molar-refractivity contribution is 0.0134. The van der Waals surface area contributed by atoms with Gasteiger partial charge in [0.05, 0.1) is 30.7 Å². The third-order valence-electron chi connectivity index (χ3n) is 4.63. The summed E-state index contributed by atoms with van der Waals surface area (Å²) in [7, 11) is 0. The first-order chi connectivity index (χ1) is 13.2. The summed E-state index contributed by atoms with van der Waals surface area (Å²) in [6.07, 6.45) is 2.75. The molecule has 0 radical (unpaired) electrons. The summed E-state index contributed by atoms with van der Waals surface area (Å²) in [5, 5.41) is 0.466. The molecular formula is C20H20BrN3O4. The van der Waals surface area contributed by atoms with Crippen molar-refractivity contribution in [3.8, 4) is 0 Å². The zero-order valence-corrected chi connectivity index (χ0v) is 17.4. The fourth-order valence-corrected chi connectivity index (χ4v) is 3.86. The van der Waals surface area contributed by atoms with Crippen LogP contribution in [-0.4, -0.2) is 26.3 Å². The van der Waals surface area contributed by atoms with E-state index < -0.39 is 17.3 Å². The summed E-state index contributed by atoms with van der Waals surface area (Å²) < 4.78 is 13.5. The molecule has 1 amide bonds. The number of halogens is 1. The number of nitrogens with zero attached hydrogens (tertiary/aromatic N) is 3. The number of fused-ring (bicyclic) bond motifs is 2. The van der Waals surface area contributed by atoms with Crippen molar-refractivity contribution in [3.63, 3.8) is 0 Å². The van der Waals surface area contributed by atoms with E-state index in [0.717, 1.165) is 15.6 Å². The molecule has 0 spiro atoms. The van der Waals surface area contributed by atoms with Crippen LogP contribution in [0.1, 0.15) is 37.9 Å². The van der Waals surface area contributed by atoms with E-state index in [1.54, 1.807) is 23.4 Å². The summed E-state index contributed by atoms with van der Waals surface area (Å²) in [4.78, 5) is 30.8. The maximum Gasteiger partial charge on any atom is 0.411 e. The SMILES string of the molecule is CC(C)(C)OC(=O)N1Cc2cc(Br)ccc2C1Cn1oc(=O)c2ccncc21. The fourth-order valence-electron chi connectivity index (χ4n) is 3.46. The second-order valence-corrected chi connectivity index (χ2v) is 8.72. The number of aromatic nitrogens is 2. The minimum absolute atomic E-state index is 0.290. The van der Waals surface area contributed by atoms with E-state index in [9.17, 15) is 9.59 Å². The van der Waals surface area contributed by atoms with Crippen molar-refractivity contribution in [2.75, 3.05) is 0 Å². The van der Waals surface area contributed by atoms with Gasteiger partial charge in [-0.2, -0.15) is 0 Å². The van der Waals surface area contributed by atoms with Crippen molar-refractivity contribution >= 4 is 32.9 Å². The van der Waals surface area contributed by atoms with Gasteiger partial charge in [-0.25, -0.2) is 14.3 Å². The summed E-state index contributed by atoms with van der Waals surface area (Å²) in [5.41, 5.74) is 1.61. The van der Waals surface area contributed by atoms with Gasteiger partial charge in [-0.15, -0.1) is 0 Å². The van der Waals surface area contributed by atoms with Crippen LogP contribution in [-0.2, 0) is 17.8 Å². The smallest absolute Gasteiger partial charge is 0.411 e. The maximum absolute atomic E-state index is 12.9. The van der Waals surface area contributed by atoms with Gasteiger partial charge in [-0.05, 0) is 50.1 Å². The predicted molar refractivity (Wildman–Crippen MR) is 107 cm³/mol. The number of carbonyl (C=O) groups is 1. The van der Waals surface area contributed by atoms with E-state index in [2.05, 4.69) is 20.9 Å². The molecule has 0 fully saturated rings. The minimum atomic E-state index is -0.604. The summed E-state index contributed by atoms with van der Waals surface area (Å²) >= 11 is 3.49. The summed E-state index contributed by atoms with van der Waals surface area (Å²) in [6, 6.07) is 7.23. The molecular weight excluding hydrogens is 426 g/mol. The third kappa shape index (κ3) is 3.44. The second kappa shape index (κ2) is 6.77. The Morgan fingerprint density at radius 1 is 1.36 bits per heavy atom. The molecule has 8 heteroatoms. The molecule has 0 N–H and O–H groups in total. The number of amides is 1. The Hall–Kier alpha value is -2.61. The van der Waals surface area contributed by atoms with E-state index >= 15 is 0 Å². The van der Waals surface area contributed by atoms with Gasteiger partial charge in [0.2, 0.25) is 0 Å². The largest absolute Gasteiger partial charge is 0.444 e. The van der Waals surface area contributed by atoms with Crippen molar-refractivity contribution < 1.29 is 14.1 Å². The highest BCUT2D eigenvalue weighted by molar-refractivity contribution is 9.10. The van der Waals surface area contributed by atoms with Crippen LogP contribution in [0.2, 0.25) is 0 Å². The van der Waals surface area contributed by atoms with Crippen molar-refractivity contribution in [1.29, 1.82) is 0 Å². The van der Waals surface area contributed by atoms with Gasteiger partial charge in [0.15, 0.2) is 0 Å². The molecule has 1 aliphatic heterocycles. The van der Waals surface area contributed by atoms with Crippen LogP contribution < -0.4 is 5.63 Å². The Kier molecular flexibility index (Phi) is 4.53. The molecule has 1 aromatic carbocycles. The Bertz CT molecular complexity index is 1110. The second-order valence-electron chi connectivity index (χ2n) is 7.80. The number of hydrogen-bond donors (Lipinski definition) is 0. The van der Waals surface area contributed by atoms with Crippen molar-refractivity contribution in [3.05, 3.63) is 62.7 Å². The molecule has 3 aromatic rings. The standard InChI is InChI=1S/C20H20BrN3O4/c1-20(2,3)27-19(26)23-10-12-8-13(21)4-5-14(12)17(23)11-24-16-9-22-7-6-15(16)18(25)28-24/h4-9,17H,10-11H2,1-3H3. The molecule has 0 saturated carbocycles. The molecule has 1 atom stereocenters. The van der Waals surface area contributed by atoms with Crippen molar-refractivity contribution in [1.82, 2.24) is 14.6 Å². The van der Waals surface area contributed by atoms with E-state index in [1.807, 2.05) is 39.0 Å². The lowest BCUT2D eigenvalue weighted by Crippen LogP contribution is -2.37. The van der Waals surface area contributed by atoms with Crippen LogP contribution in [0.3, 0.4) is 0 Å². The first kappa shape index (κ1) is 18.7. The topological polar surface area (TPSA) is 77.6 Å². The monoisotopic (exact) mass is 445 g/mol. The molecule has 0 saturated heterocycles. The van der Waals surface area contributed by atoms with Crippen molar-refractivity contribution in [2.24, 2.45) is 0 Å². The van der Waals surface area contributed by atoms with Crippen molar-refractivity contribution in [2.45, 2.75) is 45.5 Å². The first-order valence-electron chi connectivity index (χ1n) is 8.95. The Morgan fingerprint density at radius 3 is 2.89 bits per heavy atom. The molecule has 146 valence electrons. The molecule has 1 aliphatic rings. The van der Waals surface area contributed by atoms with E-state index in [0.29, 0.717) is 17.4 Å². The van der Waals surface area contributed by atoms with E-state index in [-0.39, 0.29) is 12.6 Å². The first-order valence-corrected chi connectivity index (χ1v) is 9.74. The number of ether oxygens (including phenoxy) is 1. The van der Waals surface area contributed by atoms with Crippen LogP contribution in [0, 0.1) is 0 Å². The summed E-state index contributed by atoms with van der Waals surface area (Å²) in [5.74, 6) is 0. The van der Waals surface area contributed by atoms with E-state index in [4.69, 9.17) is 9.26 Å². The molecule has 28 heavy (non-hydrogen) atoms. The predicted octanol–water partition coefficient (Wildman–Crippen LogP) is 4.24. The molecule has 3 heterocycles. The van der Waals surface area contributed by atoms with Gasteiger partial charge in [-0.1, -0.05) is 22.0 Å². The minimum Gasteiger partial charge on any atom is -0.444 e. The zero-order chi connectivity index (χ0) is 20.1. The number of benzene rings is 1. The molecule has 0 bridgehead atoms. The van der Waals surface area contributed by atoms with Gasteiger partial charge in [0.25, 0.3) is 0 Å². The highest BCUT2D eigenvalue weighted by Gasteiger charge is 2.37. The Balaban J connectivity index is 1.74. The fraction of sp³-hybridized carbons (Fsp3) is 0.350. The molecule has 4 rings (SSSR count). The third-order valence-corrected chi connectivity index (χ3v) is 5.12. The average Bonchev–Trinajstić information content (AvgIpc) is 3.12. The van der Waals surface area contributed by atoms with Gasteiger partial charge < -0.3 is 9.26 Å². The lowest BCUT2D eigenvalue weighted by Gasteiger charge is -2.28. The van der Waals surface area contributed by atoms with Crippen LogP contribution in [0.4, 0.5) is 4.79 Å². The average molecular weight is 446 g/mol. The van der Waals surface area contributed by atoms with E-state index in [1.165, 1.54) is 4.74 Å². The molecule has 0 aliphatic carbocycles. The van der Waals surface area contributed by atoms with Gasteiger partial charge in [0.1, 0.15) is 11.1 Å². The number of hydrogen-bond acceptors (Lipinski definition) is 5. The maximum atomic E-state index is 12.9.